The monoisotopic (exact) mass is 326 g/mol. The Labute approximate surface area is 123 Å². The fourth-order valence-electron chi connectivity index (χ4n) is 2.69. The molecule has 2 rings (SSSR count). The minimum absolute atomic E-state index is 0.0614. The molecule has 1 aromatic rings. The van der Waals surface area contributed by atoms with Gasteiger partial charge in [-0.15, -0.1) is 0 Å². The first-order chi connectivity index (χ1) is 8.99. The average molecular weight is 327 g/mol. The summed E-state index contributed by atoms with van der Waals surface area (Å²) in [6, 6.07) is 6.42. The molecule has 1 heterocycles. The summed E-state index contributed by atoms with van der Waals surface area (Å²) >= 11 is 3.65. The molecule has 1 saturated heterocycles. The predicted octanol–water partition coefficient (Wildman–Crippen LogP) is 3.07. The van der Waals surface area contributed by atoms with E-state index in [2.05, 4.69) is 39.0 Å². The zero-order valence-corrected chi connectivity index (χ0v) is 13.2. The number of aliphatic hydroxyl groups excluding tert-OH is 1. The van der Waals surface area contributed by atoms with E-state index in [9.17, 15) is 5.11 Å². The summed E-state index contributed by atoms with van der Waals surface area (Å²) in [7, 11) is 0. The van der Waals surface area contributed by atoms with Crippen LogP contribution in [0.5, 0.6) is 0 Å². The smallest absolute Gasteiger partial charge is 0.0541 e. The summed E-state index contributed by atoms with van der Waals surface area (Å²) in [5.41, 5.74) is 8.28. The molecule has 0 aliphatic carbocycles. The van der Waals surface area contributed by atoms with Gasteiger partial charge in [-0.1, -0.05) is 6.07 Å². The molecule has 0 spiro atoms. The minimum atomic E-state index is -0.189. The number of rotatable bonds is 3. The number of halogens is 1. The van der Waals surface area contributed by atoms with Crippen LogP contribution in [0.3, 0.4) is 0 Å². The Kier molecular flexibility index (Phi) is 4.87. The summed E-state index contributed by atoms with van der Waals surface area (Å²) < 4.78 is 1.11. The van der Waals surface area contributed by atoms with E-state index >= 15 is 0 Å². The molecule has 1 aliphatic rings. The van der Waals surface area contributed by atoms with Crippen LogP contribution in [0.4, 0.5) is 5.69 Å². The Morgan fingerprint density at radius 1 is 1.32 bits per heavy atom. The van der Waals surface area contributed by atoms with Gasteiger partial charge in [-0.05, 0) is 66.2 Å². The molecule has 106 valence electrons. The average Bonchev–Trinajstić information content (AvgIpc) is 2.38. The van der Waals surface area contributed by atoms with Crippen molar-refractivity contribution < 1.29 is 5.11 Å². The molecular formula is C15H23BrN2O. The molecule has 3 N–H and O–H groups in total. The van der Waals surface area contributed by atoms with Crippen molar-refractivity contribution in [2.75, 3.05) is 18.0 Å². The van der Waals surface area contributed by atoms with Gasteiger partial charge in [0.25, 0.3) is 0 Å². The van der Waals surface area contributed by atoms with Gasteiger partial charge in [-0.3, -0.25) is 0 Å². The Morgan fingerprint density at radius 2 is 1.95 bits per heavy atom. The number of hydrogen-bond donors (Lipinski definition) is 2. The molecule has 4 heteroatoms. The zero-order chi connectivity index (χ0) is 14.0. The van der Waals surface area contributed by atoms with Crippen LogP contribution in [-0.4, -0.2) is 24.3 Å². The summed E-state index contributed by atoms with van der Waals surface area (Å²) in [5, 5.41) is 9.64. The normalized spacial score (nSPS) is 20.4. The number of nitrogens with zero attached hydrogens (tertiary/aromatic N) is 1. The minimum Gasteiger partial charge on any atom is -0.393 e. The SMILES string of the molecule is CC(O)C1CCN(c2ccc([C@@H](C)N)cc2Br)CC1. The van der Waals surface area contributed by atoms with Crippen LogP contribution >= 0.6 is 15.9 Å². The molecule has 0 radical (unpaired) electrons. The molecule has 3 nitrogen and oxygen atoms in total. The number of piperidine rings is 1. The zero-order valence-electron chi connectivity index (χ0n) is 11.6. The van der Waals surface area contributed by atoms with Gasteiger partial charge in [-0.25, -0.2) is 0 Å². The molecule has 0 aromatic heterocycles. The van der Waals surface area contributed by atoms with Gasteiger partial charge < -0.3 is 15.7 Å². The molecule has 0 saturated carbocycles. The fraction of sp³-hybridized carbons (Fsp3) is 0.600. The van der Waals surface area contributed by atoms with Crippen molar-refractivity contribution >= 4 is 21.6 Å². The number of benzene rings is 1. The third-order valence-corrected chi connectivity index (χ3v) is 4.70. The molecule has 1 aliphatic heterocycles. The fourth-order valence-corrected chi connectivity index (χ4v) is 3.33. The van der Waals surface area contributed by atoms with E-state index in [1.165, 1.54) is 5.69 Å². The summed E-state index contributed by atoms with van der Waals surface area (Å²) in [6.45, 7) is 5.90. The molecular weight excluding hydrogens is 304 g/mol. The van der Waals surface area contributed by atoms with E-state index < -0.39 is 0 Å². The maximum Gasteiger partial charge on any atom is 0.0541 e. The first kappa shape index (κ1) is 14.8. The van der Waals surface area contributed by atoms with E-state index in [1.807, 2.05) is 13.8 Å². The van der Waals surface area contributed by atoms with E-state index in [1.54, 1.807) is 0 Å². The van der Waals surface area contributed by atoms with Crippen molar-refractivity contribution in [3.05, 3.63) is 28.2 Å². The number of hydrogen-bond acceptors (Lipinski definition) is 3. The van der Waals surface area contributed by atoms with Gasteiger partial charge in [0.1, 0.15) is 0 Å². The molecule has 1 unspecified atom stereocenters. The Bertz CT molecular complexity index is 426. The Hall–Kier alpha value is -0.580. The highest BCUT2D eigenvalue weighted by atomic mass is 79.9. The van der Waals surface area contributed by atoms with Gasteiger partial charge in [0.2, 0.25) is 0 Å². The lowest BCUT2D eigenvalue weighted by Gasteiger charge is -2.35. The summed E-state index contributed by atoms with van der Waals surface area (Å²) in [6.07, 6.45) is 1.92. The van der Waals surface area contributed by atoms with Crippen molar-refractivity contribution in [1.29, 1.82) is 0 Å². The lowest BCUT2D eigenvalue weighted by atomic mass is 9.92. The van der Waals surface area contributed by atoms with Crippen LogP contribution in [-0.2, 0) is 0 Å². The Morgan fingerprint density at radius 3 is 2.42 bits per heavy atom. The van der Waals surface area contributed by atoms with Crippen molar-refractivity contribution in [3.8, 4) is 0 Å². The van der Waals surface area contributed by atoms with Gasteiger partial charge in [0.15, 0.2) is 0 Å². The van der Waals surface area contributed by atoms with E-state index in [0.717, 1.165) is 36.0 Å². The van der Waals surface area contributed by atoms with Crippen molar-refractivity contribution in [2.45, 2.75) is 38.8 Å². The van der Waals surface area contributed by atoms with Gasteiger partial charge in [0, 0.05) is 23.6 Å². The van der Waals surface area contributed by atoms with Gasteiger partial charge >= 0.3 is 0 Å². The summed E-state index contributed by atoms with van der Waals surface area (Å²) in [5.74, 6) is 0.443. The highest BCUT2D eigenvalue weighted by Gasteiger charge is 2.23. The van der Waals surface area contributed by atoms with Crippen LogP contribution in [0.25, 0.3) is 0 Å². The molecule has 19 heavy (non-hydrogen) atoms. The molecule has 1 fully saturated rings. The maximum absolute atomic E-state index is 9.64. The second-order valence-corrected chi connectivity index (χ2v) is 6.42. The van der Waals surface area contributed by atoms with Crippen molar-refractivity contribution in [2.24, 2.45) is 11.7 Å². The van der Waals surface area contributed by atoms with Crippen molar-refractivity contribution in [3.63, 3.8) is 0 Å². The second-order valence-electron chi connectivity index (χ2n) is 5.56. The lowest BCUT2D eigenvalue weighted by Crippen LogP contribution is -2.37. The number of nitrogens with two attached hydrogens (primary N) is 1. The third-order valence-electron chi connectivity index (χ3n) is 4.06. The first-order valence-electron chi connectivity index (χ1n) is 6.97. The highest BCUT2D eigenvalue weighted by molar-refractivity contribution is 9.10. The third kappa shape index (κ3) is 3.50. The number of anilines is 1. The maximum atomic E-state index is 9.64. The second kappa shape index (κ2) is 6.25. The van der Waals surface area contributed by atoms with Crippen LogP contribution in [0.15, 0.2) is 22.7 Å². The van der Waals surface area contributed by atoms with E-state index in [4.69, 9.17) is 5.73 Å². The Balaban J connectivity index is 2.07. The molecule has 0 amide bonds. The van der Waals surface area contributed by atoms with Crippen LogP contribution < -0.4 is 10.6 Å². The molecule has 1 aromatic carbocycles. The van der Waals surface area contributed by atoms with Crippen LogP contribution in [0, 0.1) is 5.92 Å². The molecule has 2 atom stereocenters. The standard InChI is InChI=1S/C15H23BrN2O/c1-10(17)13-3-4-15(14(16)9-13)18-7-5-12(6-8-18)11(2)19/h3-4,9-12,19H,5-8,17H2,1-2H3/t10-,11?/m1/s1. The van der Waals surface area contributed by atoms with E-state index in [-0.39, 0.29) is 12.1 Å². The quantitative estimate of drug-likeness (QED) is 0.897. The van der Waals surface area contributed by atoms with E-state index in [0.29, 0.717) is 5.92 Å². The van der Waals surface area contributed by atoms with Gasteiger partial charge in [-0.2, -0.15) is 0 Å². The van der Waals surface area contributed by atoms with Crippen LogP contribution in [0.1, 0.15) is 38.3 Å². The molecule has 0 bridgehead atoms. The van der Waals surface area contributed by atoms with Crippen molar-refractivity contribution in [1.82, 2.24) is 0 Å². The largest absolute Gasteiger partial charge is 0.393 e. The van der Waals surface area contributed by atoms with Gasteiger partial charge in [0.05, 0.1) is 11.8 Å². The lowest BCUT2D eigenvalue weighted by molar-refractivity contribution is 0.110. The topological polar surface area (TPSA) is 49.5 Å². The first-order valence-corrected chi connectivity index (χ1v) is 7.76. The predicted molar refractivity (Wildman–Crippen MR) is 83.4 cm³/mol. The number of aliphatic hydroxyl groups is 1. The van der Waals surface area contributed by atoms with Crippen LogP contribution in [0.2, 0.25) is 0 Å². The highest BCUT2D eigenvalue weighted by Crippen LogP contribution is 2.32. The summed E-state index contributed by atoms with van der Waals surface area (Å²) in [4.78, 5) is 2.38.